The first-order valence-electron chi connectivity index (χ1n) is 11.8. The molecule has 0 aromatic rings. The minimum absolute atomic E-state index is 0.327. The van der Waals surface area contributed by atoms with Crippen LogP contribution < -0.4 is 5.73 Å². The van der Waals surface area contributed by atoms with Gasteiger partial charge in [-0.3, -0.25) is 0 Å². The van der Waals surface area contributed by atoms with Gasteiger partial charge in [0.15, 0.2) is 0 Å². The summed E-state index contributed by atoms with van der Waals surface area (Å²) in [5, 5.41) is 0. The maximum absolute atomic E-state index is 6.49. The van der Waals surface area contributed by atoms with Gasteiger partial charge in [0.25, 0.3) is 0 Å². The average Bonchev–Trinajstić information content (AvgIpc) is 2.75. The van der Waals surface area contributed by atoms with Crippen molar-refractivity contribution in [1.82, 2.24) is 4.90 Å². The Bertz CT molecular complexity index is 685. The minimum atomic E-state index is 0.327. The lowest BCUT2D eigenvalue weighted by Gasteiger charge is -2.55. The van der Waals surface area contributed by atoms with Crippen molar-refractivity contribution in [3.8, 4) is 0 Å². The number of nitrogens with zero attached hydrogens (tertiary/aromatic N) is 1. The van der Waals surface area contributed by atoms with Crippen molar-refractivity contribution in [3.63, 3.8) is 0 Å². The standard InChI is InChI=1S/C26H44N2/c1-17(27)20-13-15-26(5)22-10-9-21-18(16-19(22)12-14-25(20,26)4)8-11-23(28(6)7)24(21,2)3/h8,16-17,20-23H,9-15,27H2,1-7H3. The Morgan fingerprint density at radius 1 is 1.00 bits per heavy atom. The molecule has 0 spiro atoms. The van der Waals surface area contributed by atoms with Crippen LogP contribution in [0.15, 0.2) is 23.3 Å². The van der Waals surface area contributed by atoms with Crippen LogP contribution in [-0.4, -0.2) is 31.1 Å². The second kappa shape index (κ2) is 6.71. The fourth-order valence-electron chi connectivity index (χ4n) is 8.51. The Kier molecular flexibility index (Phi) is 4.95. The zero-order valence-corrected chi connectivity index (χ0v) is 19.5. The Balaban J connectivity index is 1.69. The highest BCUT2D eigenvalue weighted by molar-refractivity contribution is 5.36. The number of hydrogen-bond donors (Lipinski definition) is 1. The summed E-state index contributed by atoms with van der Waals surface area (Å²) in [4.78, 5) is 2.46. The van der Waals surface area contributed by atoms with Gasteiger partial charge in [0.05, 0.1) is 0 Å². The molecule has 7 atom stereocenters. The summed E-state index contributed by atoms with van der Waals surface area (Å²) < 4.78 is 0. The number of rotatable bonds is 2. The maximum Gasteiger partial charge on any atom is 0.0181 e. The number of allylic oxidation sites excluding steroid dienone is 3. The number of fused-ring (bicyclic) bond motifs is 4. The van der Waals surface area contributed by atoms with Gasteiger partial charge in [0.2, 0.25) is 0 Å². The summed E-state index contributed by atoms with van der Waals surface area (Å²) in [6.07, 6.45) is 14.5. The normalized spacial score (nSPS) is 46.0. The molecule has 0 heterocycles. The molecule has 4 rings (SSSR count). The zero-order valence-electron chi connectivity index (χ0n) is 19.5. The van der Waals surface area contributed by atoms with Crippen LogP contribution in [0.4, 0.5) is 0 Å². The molecule has 0 aromatic carbocycles. The summed E-state index contributed by atoms with van der Waals surface area (Å²) in [6.45, 7) is 12.5. The fraction of sp³-hybridized carbons (Fsp3) is 0.846. The van der Waals surface area contributed by atoms with Crippen molar-refractivity contribution >= 4 is 0 Å². The predicted molar refractivity (Wildman–Crippen MR) is 120 cm³/mol. The van der Waals surface area contributed by atoms with Gasteiger partial charge in [-0.05, 0) is 106 Å². The lowest BCUT2D eigenvalue weighted by atomic mass is 9.50. The zero-order chi connectivity index (χ0) is 20.5. The quantitative estimate of drug-likeness (QED) is 0.653. The fourth-order valence-corrected chi connectivity index (χ4v) is 8.51. The summed E-state index contributed by atoms with van der Waals surface area (Å²) in [7, 11) is 4.53. The van der Waals surface area contributed by atoms with E-state index in [0.717, 1.165) is 5.92 Å². The molecular weight excluding hydrogens is 340 g/mol. The van der Waals surface area contributed by atoms with Gasteiger partial charge < -0.3 is 10.6 Å². The van der Waals surface area contributed by atoms with Crippen LogP contribution in [-0.2, 0) is 0 Å². The minimum Gasteiger partial charge on any atom is -0.328 e. The smallest absolute Gasteiger partial charge is 0.0181 e. The Hall–Kier alpha value is -0.600. The highest BCUT2D eigenvalue weighted by Crippen LogP contribution is 2.68. The Morgan fingerprint density at radius 3 is 2.32 bits per heavy atom. The van der Waals surface area contributed by atoms with E-state index in [1.54, 1.807) is 11.1 Å². The van der Waals surface area contributed by atoms with Crippen LogP contribution in [0.1, 0.15) is 79.6 Å². The van der Waals surface area contributed by atoms with E-state index >= 15 is 0 Å². The molecular formula is C26H44N2. The van der Waals surface area contributed by atoms with Gasteiger partial charge >= 0.3 is 0 Å². The molecule has 0 bridgehead atoms. The molecule has 0 aromatic heterocycles. The van der Waals surface area contributed by atoms with E-state index in [-0.39, 0.29) is 0 Å². The highest BCUT2D eigenvalue weighted by atomic mass is 15.1. The van der Waals surface area contributed by atoms with Crippen LogP contribution in [0, 0.1) is 34.0 Å². The second-order valence-electron chi connectivity index (χ2n) is 12.0. The molecule has 2 fully saturated rings. The summed E-state index contributed by atoms with van der Waals surface area (Å²) >= 11 is 0. The molecule has 4 aliphatic rings. The third kappa shape index (κ3) is 2.73. The summed E-state index contributed by atoms with van der Waals surface area (Å²) in [6, 6.07) is 0.975. The lowest BCUT2D eigenvalue weighted by molar-refractivity contribution is -0.0190. The topological polar surface area (TPSA) is 29.3 Å². The SMILES string of the molecule is CC(N)C1CCC2(C)C3CCC4C(=CCC(N(C)C)C4(C)C)C=C3CCC12C. The van der Waals surface area contributed by atoms with Gasteiger partial charge in [0, 0.05) is 12.1 Å². The van der Waals surface area contributed by atoms with Crippen LogP contribution in [0.25, 0.3) is 0 Å². The first kappa shape index (κ1) is 20.7. The molecule has 0 aliphatic heterocycles. The van der Waals surface area contributed by atoms with Crippen molar-refractivity contribution in [1.29, 1.82) is 0 Å². The Labute approximate surface area is 174 Å². The van der Waals surface area contributed by atoms with Crippen molar-refractivity contribution in [2.75, 3.05) is 14.1 Å². The first-order chi connectivity index (χ1) is 13.0. The van der Waals surface area contributed by atoms with Gasteiger partial charge in [-0.2, -0.15) is 0 Å². The molecule has 2 N–H and O–H groups in total. The summed E-state index contributed by atoms with van der Waals surface area (Å²) in [5.74, 6) is 2.15. The van der Waals surface area contributed by atoms with E-state index in [1.165, 1.54) is 44.9 Å². The van der Waals surface area contributed by atoms with E-state index in [9.17, 15) is 0 Å². The first-order valence-corrected chi connectivity index (χ1v) is 11.8. The monoisotopic (exact) mass is 384 g/mol. The predicted octanol–water partition coefficient (Wildman–Crippen LogP) is 5.79. The maximum atomic E-state index is 6.49. The third-order valence-corrected chi connectivity index (χ3v) is 10.3. The molecule has 7 unspecified atom stereocenters. The molecule has 158 valence electrons. The van der Waals surface area contributed by atoms with Gasteiger partial charge in [-0.1, -0.05) is 45.4 Å². The van der Waals surface area contributed by atoms with Crippen LogP contribution in [0.3, 0.4) is 0 Å². The van der Waals surface area contributed by atoms with E-state index in [0.29, 0.717) is 40.2 Å². The molecule has 0 amide bonds. The number of nitrogens with two attached hydrogens (primary N) is 1. The number of hydrogen-bond acceptors (Lipinski definition) is 2. The van der Waals surface area contributed by atoms with E-state index < -0.39 is 0 Å². The van der Waals surface area contributed by atoms with E-state index in [1.807, 2.05) is 0 Å². The van der Waals surface area contributed by atoms with Gasteiger partial charge in [-0.25, -0.2) is 0 Å². The van der Waals surface area contributed by atoms with Crippen LogP contribution >= 0.6 is 0 Å². The second-order valence-corrected chi connectivity index (χ2v) is 12.0. The van der Waals surface area contributed by atoms with Crippen molar-refractivity contribution in [2.45, 2.75) is 91.6 Å². The van der Waals surface area contributed by atoms with Crippen LogP contribution in [0.5, 0.6) is 0 Å². The molecule has 4 aliphatic carbocycles. The molecule has 2 nitrogen and oxygen atoms in total. The van der Waals surface area contributed by atoms with E-state index in [4.69, 9.17) is 5.73 Å². The van der Waals surface area contributed by atoms with Gasteiger partial charge in [-0.15, -0.1) is 0 Å². The van der Waals surface area contributed by atoms with E-state index in [2.05, 4.69) is 65.8 Å². The van der Waals surface area contributed by atoms with Gasteiger partial charge in [0.1, 0.15) is 0 Å². The van der Waals surface area contributed by atoms with Crippen molar-refractivity contribution in [3.05, 3.63) is 23.3 Å². The van der Waals surface area contributed by atoms with Crippen molar-refractivity contribution < 1.29 is 0 Å². The Morgan fingerprint density at radius 2 is 1.68 bits per heavy atom. The third-order valence-electron chi connectivity index (χ3n) is 10.3. The molecule has 28 heavy (non-hydrogen) atoms. The summed E-state index contributed by atoms with van der Waals surface area (Å²) in [5.41, 5.74) is 11.1. The van der Waals surface area contributed by atoms with Crippen LogP contribution in [0.2, 0.25) is 0 Å². The molecule has 2 heteroatoms. The van der Waals surface area contributed by atoms with Crippen molar-refractivity contribution in [2.24, 2.45) is 39.7 Å². The lowest BCUT2D eigenvalue weighted by Crippen LogP contribution is -2.49. The highest BCUT2D eigenvalue weighted by Gasteiger charge is 2.61. The molecule has 0 saturated heterocycles. The molecule has 2 saturated carbocycles. The largest absolute Gasteiger partial charge is 0.328 e. The average molecular weight is 385 g/mol. The molecule has 0 radical (unpaired) electrons.